The normalized spacial score (nSPS) is 16.9. The van der Waals surface area contributed by atoms with Gasteiger partial charge in [-0.3, -0.25) is 5.82 Å². The summed E-state index contributed by atoms with van der Waals surface area (Å²) in [5, 5.41) is 0. The van der Waals surface area contributed by atoms with Gasteiger partial charge in [0.2, 0.25) is 0 Å². The third-order valence-corrected chi connectivity index (χ3v) is 5.04. The van der Waals surface area contributed by atoms with Crippen molar-refractivity contribution in [2.45, 2.75) is 79.4 Å². The molecule has 112 valence electrons. The first-order chi connectivity index (χ1) is 8.83. The van der Waals surface area contributed by atoms with Crippen molar-refractivity contribution < 1.29 is 23.5 Å². The van der Waals surface area contributed by atoms with Gasteiger partial charge in [-0.2, -0.15) is 0 Å². The standard InChI is InChI=1S/C17H34BO.Li/c1-9-10-11-12-13-18(19-8,16(6)14(2)3)17(7)15(4)5;/h14-17H,9-11H2,1-8H3;/q-1;+1. The van der Waals surface area contributed by atoms with E-state index in [1.807, 2.05) is 7.11 Å². The second-order valence-electron chi connectivity index (χ2n) is 6.78. The zero-order valence-corrected chi connectivity index (χ0v) is 15.4. The van der Waals surface area contributed by atoms with Crippen LogP contribution in [0.5, 0.6) is 0 Å². The maximum absolute atomic E-state index is 6.05. The molecule has 0 aromatic rings. The third kappa shape index (κ3) is 5.89. The summed E-state index contributed by atoms with van der Waals surface area (Å²) in [5.74, 6) is 9.16. The van der Waals surface area contributed by atoms with Gasteiger partial charge >= 0.3 is 18.9 Å². The van der Waals surface area contributed by atoms with E-state index in [-0.39, 0.29) is 18.9 Å². The Bertz CT molecular complexity index is 290. The van der Waals surface area contributed by atoms with Gasteiger partial charge in [0.25, 0.3) is 0 Å². The van der Waals surface area contributed by atoms with Crippen LogP contribution in [0.1, 0.15) is 67.7 Å². The summed E-state index contributed by atoms with van der Waals surface area (Å²) >= 11 is 0. The SMILES string of the molecule is CCCCC#C[B-](OC)(C(C)C(C)C)C(C)C(C)C.[Li+]. The monoisotopic (exact) mass is 272 g/mol. The summed E-state index contributed by atoms with van der Waals surface area (Å²) in [6.07, 6.45) is 2.32. The van der Waals surface area contributed by atoms with Crippen LogP contribution in [0.25, 0.3) is 0 Å². The van der Waals surface area contributed by atoms with Crippen molar-refractivity contribution in [1.82, 2.24) is 0 Å². The Kier molecular flexibility index (Phi) is 12.2. The molecule has 0 aromatic carbocycles. The summed E-state index contributed by atoms with van der Waals surface area (Å²) < 4.78 is 6.05. The van der Waals surface area contributed by atoms with Crippen LogP contribution in [0.2, 0.25) is 11.6 Å². The molecule has 2 atom stereocenters. The van der Waals surface area contributed by atoms with E-state index in [1.165, 1.54) is 12.8 Å². The maximum atomic E-state index is 6.05. The van der Waals surface area contributed by atoms with Crippen molar-refractivity contribution in [2.24, 2.45) is 11.8 Å². The van der Waals surface area contributed by atoms with Gasteiger partial charge in [-0.15, -0.1) is 17.6 Å². The summed E-state index contributed by atoms with van der Waals surface area (Å²) in [7, 11) is 1.85. The Labute approximate surface area is 140 Å². The molecule has 0 spiro atoms. The molecule has 0 amide bonds. The zero-order valence-electron chi connectivity index (χ0n) is 15.4. The smallest absolute Gasteiger partial charge is 0.582 e. The predicted molar refractivity (Wildman–Crippen MR) is 88.6 cm³/mol. The van der Waals surface area contributed by atoms with E-state index < -0.39 is 6.35 Å². The second-order valence-corrected chi connectivity index (χ2v) is 6.78. The topological polar surface area (TPSA) is 9.23 Å². The summed E-state index contributed by atoms with van der Waals surface area (Å²) in [6, 6.07) is 0. The van der Waals surface area contributed by atoms with Crippen LogP contribution in [0.4, 0.5) is 0 Å². The Hall–Kier alpha value is 0.182. The molecule has 0 fully saturated rings. The quantitative estimate of drug-likeness (QED) is 0.393. The van der Waals surface area contributed by atoms with Gasteiger partial charge in [0.1, 0.15) is 0 Å². The van der Waals surface area contributed by atoms with Gasteiger partial charge in [-0.1, -0.05) is 66.7 Å². The van der Waals surface area contributed by atoms with Crippen LogP contribution in [0, 0.1) is 23.6 Å². The van der Waals surface area contributed by atoms with Gasteiger partial charge in [0.05, 0.1) is 0 Å². The molecule has 20 heavy (non-hydrogen) atoms. The zero-order chi connectivity index (χ0) is 15.1. The maximum Gasteiger partial charge on any atom is 1.00 e. The van der Waals surface area contributed by atoms with Crippen LogP contribution >= 0.6 is 0 Å². The summed E-state index contributed by atoms with van der Waals surface area (Å²) in [4.78, 5) is 0. The van der Waals surface area contributed by atoms with Crippen molar-refractivity contribution >= 4 is 6.35 Å². The van der Waals surface area contributed by atoms with E-state index >= 15 is 0 Å². The largest absolute Gasteiger partial charge is 1.00 e. The number of unbranched alkanes of at least 4 members (excludes halogenated alkanes) is 2. The molecule has 0 heterocycles. The summed E-state index contributed by atoms with van der Waals surface area (Å²) in [5.41, 5.74) is 0. The molecule has 3 heteroatoms. The molecule has 0 rings (SSSR count). The summed E-state index contributed by atoms with van der Waals surface area (Å²) in [6.45, 7) is 15.9. The Balaban J connectivity index is 0. The minimum absolute atomic E-state index is 0. The van der Waals surface area contributed by atoms with E-state index in [4.69, 9.17) is 4.65 Å². The molecule has 2 unspecified atom stereocenters. The first-order valence-corrected chi connectivity index (χ1v) is 8.04. The van der Waals surface area contributed by atoms with E-state index in [0.717, 1.165) is 6.42 Å². The molecule has 0 aliphatic heterocycles. The van der Waals surface area contributed by atoms with Crippen molar-refractivity contribution in [1.29, 1.82) is 0 Å². The van der Waals surface area contributed by atoms with Crippen molar-refractivity contribution in [3.63, 3.8) is 0 Å². The van der Waals surface area contributed by atoms with Crippen molar-refractivity contribution in [3.05, 3.63) is 0 Å². The van der Waals surface area contributed by atoms with Gasteiger partial charge in [-0.25, -0.2) is 0 Å². The number of hydrogen-bond acceptors (Lipinski definition) is 1. The Morgan fingerprint density at radius 2 is 1.40 bits per heavy atom. The van der Waals surface area contributed by atoms with Crippen LogP contribution < -0.4 is 18.9 Å². The van der Waals surface area contributed by atoms with E-state index in [9.17, 15) is 0 Å². The fraction of sp³-hybridized carbons (Fsp3) is 0.882. The third-order valence-electron chi connectivity index (χ3n) is 5.04. The van der Waals surface area contributed by atoms with Gasteiger partial charge in [0.15, 0.2) is 6.35 Å². The minimum atomic E-state index is -1.08. The molecule has 0 saturated heterocycles. The Morgan fingerprint density at radius 3 is 1.70 bits per heavy atom. The molecule has 0 aromatic heterocycles. The molecule has 0 radical (unpaired) electrons. The van der Waals surface area contributed by atoms with E-state index in [2.05, 4.69) is 60.2 Å². The van der Waals surface area contributed by atoms with Gasteiger partial charge in [-0.05, 0) is 13.5 Å². The van der Waals surface area contributed by atoms with Crippen LogP contribution in [-0.2, 0) is 4.65 Å². The van der Waals surface area contributed by atoms with Crippen LogP contribution in [-0.4, -0.2) is 13.5 Å². The first kappa shape index (κ1) is 22.5. The van der Waals surface area contributed by atoms with Gasteiger partial charge in [0, 0.05) is 6.42 Å². The van der Waals surface area contributed by atoms with Crippen molar-refractivity contribution in [3.8, 4) is 11.7 Å². The minimum Gasteiger partial charge on any atom is -0.582 e. The molecule has 1 nitrogen and oxygen atoms in total. The number of hydrogen-bond donors (Lipinski definition) is 0. The Morgan fingerprint density at radius 1 is 0.950 bits per heavy atom. The molecular weight excluding hydrogens is 238 g/mol. The van der Waals surface area contributed by atoms with E-state index in [1.54, 1.807) is 0 Å². The molecule has 0 N–H and O–H groups in total. The second kappa shape index (κ2) is 10.8. The van der Waals surface area contributed by atoms with Gasteiger partial charge < -0.3 is 4.65 Å². The first-order valence-electron chi connectivity index (χ1n) is 8.04. The van der Waals surface area contributed by atoms with Crippen LogP contribution in [0.15, 0.2) is 0 Å². The van der Waals surface area contributed by atoms with Crippen molar-refractivity contribution in [2.75, 3.05) is 7.11 Å². The van der Waals surface area contributed by atoms with E-state index in [0.29, 0.717) is 23.5 Å². The predicted octanol–water partition coefficient (Wildman–Crippen LogP) is 2.41. The molecule has 0 bridgehead atoms. The molecular formula is C17H34BLiO. The van der Waals surface area contributed by atoms with Crippen LogP contribution in [0.3, 0.4) is 0 Å². The number of rotatable bonds is 7. The average Bonchev–Trinajstić information content (AvgIpc) is 2.38. The molecule has 0 saturated carbocycles. The fourth-order valence-corrected chi connectivity index (χ4v) is 2.87. The fourth-order valence-electron chi connectivity index (χ4n) is 2.87. The molecule has 0 aliphatic rings. The average molecular weight is 272 g/mol. The molecule has 0 aliphatic carbocycles.